The smallest absolute Gasteiger partial charge is 0.131 e. The average Bonchev–Trinajstić information content (AvgIpc) is 2.59. The van der Waals surface area contributed by atoms with Gasteiger partial charge in [0, 0.05) is 5.56 Å². The van der Waals surface area contributed by atoms with Gasteiger partial charge < -0.3 is 14.9 Å². The zero-order valence-electron chi connectivity index (χ0n) is 13.0. The van der Waals surface area contributed by atoms with E-state index in [-0.39, 0.29) is 19.0 Å². The molecule has 0 aliphatic carbocycles. The highest BCUT2D eigenvalue weighted by Gasteiger charge is 2.07. The van der Waals surface area contributed by atoms with Crippen molar-refractivity contribution in [3.8, 4) is 11.1 Å². The summed E-state index contributed by atoms with van der Waals surface area (Å²) in [5.74, 6) is -0.253. The fourth-order valence-corrected chi connectivity index (χ4v) is 1.85. The van der Waals surface area contributed by atoms with Crippen LogP contribution in [0.15, 0.2) is 48.5 Å². The van der Waals surface area contributed by atoms with E-state index in [1.165, 1.54) is 6.07 Å². The minimum absolute atomic E-state index is 0.218. The minimum Gasteiger partial charge on any atom is -0.394 e. The van der Waals surface area contributed by atoms with Gasteiger partial charge >= 0.3 is 0 Å². The molecule has 3 nitrogen and oxygen atoms in total. The molecule has 0 atom stereocenters. The van der Waals surface area contributed by atoms with Crippen LogP contribution in [0.3, 0.4) is 0 Å². The Labute approximate surface area is 131 Å². The maximum Gasteiger partial charge on any atom is 0.131 e. The Balaban J connectivity index is 0.00000116. The Hall–Kier alpha value is -1.75. The molecule has 0 fully saturated rings. The van der Waals surface area contributed by atoms with Crippen molar-refractivity contribution in [3.63, 3.8) is 0 Å². The second-order valence-corrected chi connectivity index (χ2v) is 4.47. The first kappa shape index (κ1) is 18.3. The number of halogens is 1. The summed E-state index contributed by atoms with van der Waals surface area (Å²) in [6.07, 6.45) is -0.568. The van der Waals surface area contributed by atoms with Crippen molar-refractivity contribution < 1.29 is 19.3 Å². The van der Waals surface area contributed by atoms with E-state index in [1.807, 2.05) is 38.1 Å². The zero-order chi connectivity index (χ0) is 16.4. The summed E-state index contributed by atoms with van der Waals surface area (Å²) in [6.45, 7) is 3.86. The number of hydrogen-bond acceptors (Lipinski definition) is 3. The monoisotopic (exact) mass is 306 g/mol. The Morgan fingerprint density at radius 1 is 0.955 bits per heavy atom. The van der Waals surface area contributed by atoms with Crippen LogP contribution in [0.1, 0.15) is 19.4 Å². The van der Waals surface area contributed by atoms with E-state index >= 15 is 0 Å². The molecule has 0 aliphatic rings. The van der Waals surface area contributed by atoms with Crippen molar-refractivity contribution in [2.24, 2.45) is 0 Å². The third-order valence-electron chi connectivity index (χ3n) is 3.03. The molecular formula is C18H23FO3. The molecule has 120 valence electrons. The molecule has 0 radical (unpaired) electrons. The average molecular weight is 306 g/mol. The predicted octanol–water partition coefficient (Wildman–Crippen LogP) is 3.39. The van der Waals surface area contributed by atoms with Crippen LogP contribution in [0.4, 0.5) is 4.39 Å². The zero-order valence-corrected chi connectivity index (χ0v) is 13.0. The Kier molecular flexibility index (Phi) is 8.36. The van der Waals surface area contributed by atoms with Crippen LogP contribution in [-0.2, 0) is 11.3 Å². The van der Waals surface area contributed by atoms with E-state index in [1.54, 1.807) is 18.2 Å². The molecule has 0 saturated heterocycles. The lowest BCUT2D eigenvalue weighted by Gasteiger charge is -2.12. The molecule has 0 bridgehead atoms. The topological polar surface area (TPSA) is 49.7 Å². The summed E-state index contributed by atoms with van der Waals surface area (Å²) >= 11 is 0. The van der Waals surface area contributed by atoms with Gasteiger partial charge in [0.2, 0.25) is 0 Å². The van der Waals surface area contributed by atoms with Crippen molar-refractivity contribution in [3.05, 3.63) is 59.9 Å². The predicted molar refractivity (Wildman–Crippen MR) is 85.9 cm³/mol. The molecule has 22 heavy (non-hydrogen) atoms. The van der Waals surface area contributed by atoms with E-state index in [4.69, 9.17) is 14.9 Å². The summed E-state index contributed by atoms with van der Waals surface area (Å²) in [4.78, 5) is 0. The van der Waals surface area contributed by atoms with Crippen LogP contribution < -0.4 is 0 Å². The molecule has 0 aliphatic heterocycles. The van der Waals surface area contributed by atoms with Crippen molar-refractivity contribution in [2.75, 3.05) is 13.2 Å². The van der Waals surface area contributed by atoms with Gasteiger partial charge in [-0.15, -0.1) is 0 Å². The van der Waals surface area contributed by atoms with Gasteiger partial charge in [0.25, 0.3) is 0 Å². The van der Waals surface area contributed by atoms with Gasteiger partial charge in [-0.05, 0) is 17.2 Å². The van der Waals surface area contributed by atoms with E-state index in [0.717, 1.165) is 11.1 Å². The quantitative estimate of drug-likeness (QED) is 0.860. The van der Waals surface area contributed by atoms with Crippen LogP contribution in [-0.4, -0.2) is 29.5 Å². The van der Waals surface area contributed by atoms with Crippen molar-refractivity contribution in [2.45, 2.75) is 26.6 Å². The van der Waals surface area contributed by atoms with Crippen molar-refractivity contribution >= 4 is 0 Å². The SMILES string of the molecule is CC.OCC(CO)OCc1ccc(-c2ccccc2F)cc1. The molecule has 2 aromatic carbocycles. The van der Waals surface area contributed by atoms with Crippen molar-refractivity contribution in [1.82, 2.24) is 0 Å². The van der Waals surface area contributed by atoms with Gasteiger partial charge in [0.05, 0.1) is 19.8 Å². The molecule has 0 heterocycles. The molecule has 2 N–H and O–H groups in total. The van der Waals surface area contributed by atoms with Crippen molar-refractivity contribution in [1.29, 1.82) is 0 Å². The maximum absolute atomic E-state index is 13.6. The number of rotatable bonds is 6. The summed E-state index contributed by atoms with van der Waals surface area (Å²) in [5.41, 5.74) is 2.26. The molecule has 0 spiro atoms. The second kappa shape index (κ2) is 10.1. The standard InChI is InChI=1S/C16H17FO3.C2H6/c17-16-4-2-1-3-15(16)13-7-5-12(6-8-13)11-20-14(9-18)10-19;1-2/h1-8,14,18-19H,9-11H2;1-2H3. The van der Waals surface area contributed by atoms with E-state index in [0.29, 0.717) is 12.2 Å². The van der Waals surface area contributed by atoms with E-state index in [2.05, 4.69) is 0 Å². The van der Waals surface area contributed by atoms with E-state index in [9.17, 15) is 4.39 Å². The van der Waals surface area contributed by atoms with Crippen LogP contribution in [0.2, 0.25) is 0 Å². The van der Waals surface area contributed by atoms with Gasteiger partial charge in [-0.2, -0.15) is 0 Å². The van der Waals surface area contributed by atoms with Gasteiger partial charge in [-0.3, -0.25) is 0 Å². The highest BCUT2D eigenvalue weighted by Crippen LogP contribution is 2.22. The first-order chi connectivity index (χ1) is 10.7. The number of ether oxygens (including phenoxy) is 1. The third kappa shape index (κ3) is 5.22. The first-order valence-electron chi connectivity index (χ1n) is 7.41. The summed E-state index contributed by atoms with van der Waals surface area (Å²) in [5, 5.41) is 17.8. The second-order valence-electron chi connectivity index (χ2n) is 4.47. The summed E-state index contributed by atoms with van der Waals surface area (Å²) in [7, 11) is 0. The molecule has 0 unspecified atom stereocenters. The molecule has 4 heteroatoms. The highest BCUT2D eigenvalue weighted by molar-refractivity contribution is 5.64. The number of benzene rings is 2. The molecule has 0 amide bonds. The molecular weight excluding hydrogens is 283 g/mol. The summed E-state index contributed by atoms with van der Waals surface area (Å²) in [6, 6.07) is 13.9. The lowest BCUT2D eigenvalue weighted by molar-refractivity contribution is -0.0284. The molecule has 0 aromatic heterocycles. The largest absolute Gasteiger partial charge is 0.394 e. The number of aliphatic hydroxyl groups excluding tert-OH is 2. The van der Waals surface area contributed by atoms with Gasteiger partial charge in [-0.25, -0.2) is 4.39 Å². The first-order valence-corrected chi connectivity index (χ1v) is 7.41. The van der Waals surface area contributed by atoms with Crippen LogP contribution in [0, 0.1) is 5.82 Å². The Bertz CT molecular complexity index is 536. The molecule has 0 saturated carbocycles. The minimum atomic E-state index is -0.568. The number of hydrogen-bond donors (Lipinski definition) is 2. The Morgan fingerprint density at radius 3 is 2.09 bits per heavy atom. The fraction of sp³-hybridized carbons (Fsp3) is 0.333. The Morgan fingerprint density at radius 2 is 1.55 bits per heavy atom. The van der Waals surface area contributed by atoms with Crippen LogP contribution in [0.5, 0.6) is 0 Å². The van der Waals surface area contributed by atoms with E-state index < -0.39 is 6.10 Å². The lowest BCUT2D eigenvalue weighted by atomic mass is 10.0. The highest BCUT2D eigenvalue weighted by atomic mass is 19.1. The normalized spacial score (nSPS) is 10.3. The molecule has 2 aromatic rings. The third-order valence-corrected chi connectivity index (χ3v) is 3.03. The van der Waals surface area contributed by atoms with Crippen LogP contribution in [0.25, 0.3) is 11.1 Å². The number of aliphatic hydroxyl groups is 2. The fourth-order valence-electron chi connectivity index (χ4n) is 1.85. The maximum atomic E-state index is 13.6. The van der Waals surface area contributed by atoms with Gasteiger partial charge in [0.1, 0.15) is 11.9 Å². The lowest BCUT2D eigenvalue weighted by Crippen LogP contribution is -2.21. The summed E-state index contributed by atoms with van der Waals surface area (Å²) < 4.78 is 19.0. The van der Waals surface area contributed by atoms with Gasteiger partial charge in [0.15, 0.2) is 0 Å². The van der Waals surface area contributed by atoms with Crippen LogP contribution >= 0.6 is 0 Å². The molecule has 2 rings (SSSR count). The van der Waals surface area contributed by atoms with Gasteiger partial charge in [-0.1, -0.05) is 56.3 Å².